The highest BCUT2D eigenvalue weighted by molar-refractivity contribution is 5.86. The van der Waals surface area contributed by atoms with Crippen molar-refractivity contribution >= 4 is 10.9 Å². The minimum absolute atomic E-state index is 0.637. The summed E-state index contributed by atoms with van der Waals surface area (Å²) in [4.78, 5) is 3.03. The number of fused-ring (bicyclic) bond motifs is 1. The van der Waals surface area contributed by atoms with Crippen LogP contribution in [0.5, 0.6) is 5.75 Å². The van der Waals surface area contributed by atoms with E-state index in [4.69, 9.17) is 10.00 Å². The fraction of sp³-hybridized carbons (Fsp3) is 0.182. The highest BCUT2D eigenvalue weighted by atomic mass is 16.5. The molecule has 0 unspecified atom stereocenters. The van der Waals surface area contributed by atoms with Crippen LogP contribution in [-0.4, -0.2) is 11.6 Å². The average molecular weight is 186 g/mol. The largest absolute Gasteiger partial charge is 0.494 e. The van der Waals surface area contributed by atoms with E-state index in [2.05, 4.69) is 11.1 Å². The highest BCUT2D eigenvalue weighted by Gasteiger charge is 2.03. The topological polar surface area (TPSA) is 48.8 Å². The van der Waals surface area contributed by atoms with Gasteiger partial charge in [-0.05, 0) is 25.1 Å². The van der Waals surface area contributed by atoms with E-state index < -0.39 is 0 Å². The lowest BCUT2D eigenvalue weighted by molar-refractivity contribution is 0.341. The number of hydrogen-bond donors (Lipinski definition) is 1. The van der Waals surface area contributed by atoms with Gasteiger partial charge >= 0.3 is 0 Å². The third-order valence-electron chi connectivity index (χ3n) is 2.08. The summed E-state index contributed by atoms with van der Waals surface area (Å²) >= 11 is 0. The van der Waals surface area contributed by atoms with Gasteiger partial charge in [0.25, 0.3) is 0 Å². The number of nitrogens with one attached hydrogen (secondary N) is 1. The standard InChI is InChI=1S/C11H10N2O/c1-2-14-9-3-4-11-10(5-9)8(6-12)7-13-11/h3-5,7,13H,2H2,1H3. The number of aromatic amines is 1. The molecule has 2 aromatic rings. The molecule has 0 aliphatic heterocycles. The first kappa shape index (κ1) is 8.64. The van der Waals surface area contributed by atoms with Crippen molar-refractivity contribution in [2.24, 2.45) is 0 Å². The maximum atomic E-state index is 8.83. The fourth-order valence-corrected chi connectivity index (χ4v) is 1.45. The van der Waals surface area contributed by atoms with Crippen LogP contribution in [0.4, 0.5) is 0 Å². The van der Waals surface area contributed by atoms with Crippen LogP contribution in [0.3, 0.4) is 0 Å². The molecule has 0 spiro atoms. The van der Waals surface area contributed by atoms with Crippen LogP contribution in [-0.2, 0) is 0 Å². The Morgan fingerprint density at radius 3 is 3.07 bits per heavy atom. The molecule has 0 fully saturated rings. The molecule has 1 N–H and O–H groups in total. The number of benzene rings is 1. The van der Waals surface area contributed by atoms with Gasteiger partial charge in [0, 0.05) is 17.1 Å². The van der Waals surface area contributed by atoms with Crippen molar-refractivity contribution in [2.75, 3.05) is 6.61 Å². The molecule has 0 bridgehead atoms. The second kappa shape index (κ2) is 3.43. The normalized spacial score (nSPS) is 10.0. The number of rotatable bonds is 2. The maximum Gasteiger partial charge on any atom is 0.120 e. The minimum atomic E-state index is 0.637. The van der Waals surface area contributed by atoms with E-state index in [1.165, 1.54) is 0 Å². The van der Waals surface area contributed by atoms with Crippen LogP contribution in [0.25, 0.3) is 10.9 Å². The first-order valence-corrected chi connectivity index (χ1v) is 4.49. The Morgan fingerprint density at radius 2 is 2.36 bits per heavy atom. The van der Waals surface area contributed by atoms with Crippen molar-refractivity contribution in [1.82, 2.24) is 4.98 Å². The molecule has 0 saturated heterocycles. The Morgan fingerprint density at radius 1 is 1.50 bits per heavy atom. The first-order valence-electron chi connectivity index (χ1n) is 4.49. The molecular weight excluding hydrogens is 176 g/mol. The Hall–Kier alpha value is -1.95. The smallest absolute Gasteiger partial charge is 0.120 e. The van der Waals surface area contributed by atoms with Crippen LogP contribution in [0.15, 0.2) is 24.4 Å². The van der Waals surface area contributed by atoms with Gasteiger partial charge in [-0.25, -0.2) is 0 Å². The molecule has 1 aromatic heterocycles. The number of ether oxygens (including phenoxy) is 1. The van der Waals surface area contributed by atoms with Crippen LogP contribution in [0.1, 0.15) is 12.5 Å². The molecule has 1 heterocycles. The molecule has 14 heavy (non-hydrogen) atoms. The zero-order valence-corrected chi connectivity index (χ0v) is 7.87. The molecule has 3 nitrogen and oxygen atoms in total. The Bertz CT molecular complexity index is 493. The molecule has 3 heteroatoms. The highest BCUT2D eigenvalue weighted by Crippen LogP contribution is 2.22. The zero-order valence-electron chi connectivity index (χ0n) is 7.87. The van der Waals surface area contributed by atoms with E-state index in [1.807, 2.05) is 25.1 Å². The van der Waals surface area contributed by atoms with Crippen molar-refractivity contribution in [3.63, 3.8) is 0 Å². The van der Waals surface area contributed by atoms with E-state index in [-0.39, 0.29) is 0 Å². The lowest BCUT2D eigenvalue weighted by Gasteiger charge is -2.01. The summed E-state index contributed by atoms with van der Waals surface area (Å²) < 4.78 is 5.36. The maximum absolute atomic E-state index is 8.83. The molecule has 0 saturated carbocycles. The summed E-state index contributed by atoms with van der Waals surface area (Å²) in [7, 11) is 0. The molecule has 0 aliphatic rings. The Labute approximate surface area is 81.9 Å². The van der Waals surface area contributed by atoms with Crippen LogP contribution < -0.4 is 4.74 Å². The van der Waals surface area contributed by atoms with Crippen LogP contribution >= 0.6 is 0 Å². The molecule has 1 aromatic carbocycles. The summed E-state index contributed by atoms with van der Waals surface area (Å²) in [6.45, 7) is 2.57. The number of aromatic nitrogens is 1. The third kappa shape index (κ3) is 1.31. The van der Waals surface area contributed by atoms with Gasteiger partial charge in [-0.2, -0.15) is 5.26 Å². The van der Waals surface area contributed by atoms with E-state index in [0.717, 1.165) is 16.7 Å². The van der Waals surface area contributed by atoms with E-state index in [1.54, 1.807) is 6.20 Å². The monoisotopic (exact) mass is 186 g/mol. The van der Waals surface area contributed by atoms with E-state index >= 15 is 0 Å². The number of H-pyrrole nitrogens is 1. The Kier molecular flexibility index (Phi) is 2.11. The van der Waals surface area contributed by atoms with E-state index in [0.29, 0.717) is 12.2 Å². The van der Waals surface area contributed by atoms with Gasteiger partial charge in [-0.1, -0.05) is 0 Å². The quantitative estimate of drug-likeness (QED) is 0.783. The molecule has 0 atom stereocenters. The van der Waals surface area contributed by atoms with Gasteiger partial charge < -0.3 is 9.72 Å². The lowest BCUT2D eigenvalue weighted by Crippen LogP contribution is -1.90. The SMILES string of the molecule is CCOc1ccc2[nH]cc(C#N)c2c1. The Balaban J connectivity index is 2.57. The number of hydrogen-bond acceptors (Lipinski definition) is 2. The van der Waals surface area contributed by atoms with Crippen molar-refractivity contribution in [3.05, 3.63) is 30.0 Å². The molecule has 0 radical (unpaired) electrons. The second-order valence-electron chi connectivity index (χ2n) is 2.95. The second-order valence-corrected chi connectivity index (χ2v) is 2.95. The van der Waals surface area contributed by atoms with E-state index in [9.17, 15) is 0 Å². The lowest BCUT2D eigenvalue weighted by atomic mass is 10.2. The van der Waals surface area contributed by atoms with Crippen molar-refractivity contribution in [3.8, 4) is 11.8 Å². The predicted molar refractivity (Wildman–Crippen MR) is 54.2 cm³/mol. The summed E-state index contributed by atoms with van der Waals surface area (Å²) in [5.41, 5.74) is 1.62. The van der Waals surface area contributed by atoms with Crippen LogP contribution in [0.2, 0.25) is 0 Å². The van der Waals surface area contributed by atoms with Gasteiger partial charge in [0.15, 0.2) is 0 Å². The van der Waals surface area contributed by atoms with Crippen molar-refractivity contribution < 1.29 is 4.74 Å². The third-order valence-corrected chi connectivity index (χ3v) is 2.08. The molecule has 70 valence electrons. The van der Waals surface area contributed by atoms with Crippen molar-refractivity contribution in [2.45, 2.75) is 6.92 Å². The predicted octanol–water partition coefficient (Wildman–Crippen LogP) is 2.44. The molecule has 2 rings (SSSR count). The van der Waals surface area contributed by atoms with Gasteiger partial charge in [0.1, 0.15) is 11.8 Å². The number of nitriles is 1. The summed E-state index contributed by atoms with van der Waals surface area (Å²) in [5.74, 6) is 0.802. The molecule has 0 aliphatic carbocycles. The van der Waals surface area contributed by atoms with Gasteiger partial charge in [0.05, 0.1) is 12.2 Å². The van der Waals surface area contributed by atoms with Gasteiger partial charge in [-0.15, -0.1) is 0 Å². The average Bonchev–Trinajstić information content (AvgIpc) is 2.60. The van der Waals surface area contributed by atoms with Crippen LogP contribution in [0, 0.1) is 11.3 Å². The fourth-order valence-electron chi connectivity index (χ4n) is 1.45. The summed E-state index contributed by atoms with van der Waals surface area (Å²) in [6, 6.07) is 7.83. The summed E-state index contributed by atoms with van der Waals surface area (Å²) in [5, 5.41) is 9.75. The molecule has 0 amide bonds. The first-order chi connectivity index (χ1) is 6.85. The zero-order chi connectivity index (χ0) is 9.97. The van der Waals surface area contributed by atoms with Crippen molar-refractivity contribution in [1.29, 1.82) is 5.26 Å². The van der Waals surface area contributed by atoms with Gasteiger partial charge in [-0.3, -0.25) is 0 Å². The summed E-state index contributed by atoms with van der Waals surface area (Å²) in [6.07, 6.45) is 1.71. The van der Waals surface area contributed by atoms with Gasteiger partial charge in [0.2, 0.25) is 0 Å². The molecular formula is C11H10N2O. The number of nitrogens with zero attached hydrogens (tertiary/aromatic N) is 1. The minimum Gasteiger partial charge on any atom is -0.494 e.